The number of fused-ring (bicyclic) bond motifs is 1. The van der Waals surface area contributed by atoms with E-state index in [4.69, 9.17) is 9.47 Å². The fraction of sp³-hybridized carbons (Fsp3) is 0.400. The molecule has 2 aliphatic heterocycles. The zero-order valence-electron chi connectivity index (χ0n) is 18.2. The third-order valence-corrected chi connectivity index (χ3v) is 6.72. The van der Waals surface area contributed by atoms with Crippen LogP contribution in [0.25, 0.3) is 6.08 Å². The molecule has 0 bridgehead atoms. The molecule has 1 saturated heterocycles. The Labute approximate surface area is 192 Å². The van der Waals surface area contributed by atoms with Crippen molar-refractivity contribution in [2.45, 2.75) is 32.0 Å². The van der Waals surface area contributed by atoms with Gasteiger partial charge in [-0.3, -0.25) is 4.79 Å². The summed E-state index contributed by atoms with van der Waals surface area (Å²) in [6.07, 6.45) is 4.15. The van der Waals surface area contributed by atoms with Crippen molar-refractivity contribution in [2.24, 2.45) is 0 Å². The Bertz CT molecular complexity index is 963. The average Bonchev–Trinajstić information content (AvgIpc) is 2.78. The Morgan fingerprint density at radius 2 is 1.81 bits per heavy atom. The van der Waals surface area contributed by atoms with Gasteiger partial charge in [-0.15, -0.1) is 0 Å². The third-order valence-electron chi connectivity index (χ3n) is 6.22. The summed E-state index contributed by atoms with van der Waals surface area (Å²) in [6, 6.07) is 15.0. The number of nitrogens with zero attached hydrogens (tertiary/aromatic N) is 1. The molecule has 1 N–H and O–H groups in total. The highest BCUT2D eigenvalue weighted by Crippen LogP contribution is 2.29. The first-order chi connectivity index (χ1) is 14.9. The molecule has 1 amide bonds. The molecule has 31 heavy (non-hydrogen) atoms. The lowest BCUT2D eigenvalue weighted by molar-refractivity contribution is -0.929. The van der Waals surface area contributed by atoms with Crippen molar-refractivity contribution >= 4 is 27.9 Å². The van der Waals surface area contributed by atoms with Crippen LogP contribution in [0.5, 0.6) is 5.75 Å². The van der Waals surface area contributed by atoms with Crippen molar-refractivity contribution < 1.29 is 18.8 Å². The molecule has 2 aromatic carbocycles. The van der Waals surface area contributed by atoms with Gasteiger partial charge >= 0.3 is 0 Å². The maximum absolute atomic E-state index is 12.6. The molecule has 4 rings (SSSR count). The van der Waals surface area contributed by atoms with E-state index in [-0.39, 0.29) is 5.91 Å². The maximum atomic E-state index is 12.6. The molecule has 164 valence electrons. The summed E-state index contributed by atoms with van der Waals surface area (Å²) >= 11 is 3.46. The van der Waals surface area contributed by atoms with Crippen molar-refractivity contribution in [3.05, 3.63) is 69.2 Å². The standard InChI is InChI=1S/C25H29BrN2O3/c1-28(2,23-9-11-30-12-10-23)16-19-5-3-18(4-6-19)15-27-25(29)21-13-20-14-22(26)7-8-24(20)31-17-21/h3-8,13-14,23H,9-12,15-17H2,1-2H3/p+1. The molecular formula is C25H30BrN2O3+. The lowest BCUT2D eigenvalue weighted by Gasteiger charge is -2.40. The first-order valence-electron chi connectivity index (χ1n) is 10.8. The second-order valence-corrected chi connectivity index (χ2v) is 9.84. The van der Waals surface area contributed by atoms with Gasteiger partial charge in [-0.2, -0.15) is 0 Å². The van der Waals surface area contributed by atoms with Crippen LogP contribution in [0.3, 0.4) is 0 Å². The predicted octanol–water partition coefficient (Wildman–Crippen LogP) is 4.30. The number of hydrogen-bond donors (Lipinski definition) is 1. The molecular weight excluding hydrogens is 456 g/mol. The number of carbonyl (C=O) groups is 1. The first kappa shape index (κ1) is 22.1. The van der Waals surface area contributed by atoms with Crippen LogP contribution in [-0.2, 0) is 22.6 Å². The summed E-state index contributed by atoms with van der Waals surface area (Å²) in [7, 11) is 4.61. The number of carbonyl (C=O) groups excluding carboxylic acids is 1. The van der Waals surface area contributed by atoms with Crippen molar-refractivity contribution in [1.82, 2.24) is 5.32 Å². The lowest BCUT2D eigenvalue weighted by Crippen LogP contribution is -2.50. The maximum Gasteiger partial charge on any atom is 0.250 e. The van der Waals surface area contributed by atoms with E-state index in [9.17, 15) is 4.79 Å². The summed E-state index contributed by atoms with van der Waals surface area (Å²) in [5, 5.41) is 3.02. The van der Waals surface area contributed by atoms with Crippen LogP contribution in [0, 0.1) is 0 Å². The average molecular weight is 486 g/mol. The lowest BCUT2D eigenvalue weighted by atomic mass is 10.0. The first-order valence-corrected chi connectivity index (χ1v) is 11.6. The van der Waals surface area contributed by atoms with E-state index in [1.54, 1.807) is 0 Å². The number of quaternary nitrogens is 1. The molecule has 0 unspecified atom stereocenters. The van der Waals surface area contributed by atoms with Crippen molar-refractivity contribution in [2.75, 3.05) is 33.9 Å². The van der Waals surface area contributed by atoms with Crippen LogP contribution in [0.4, 0.5) is 0 Å². The van der Waals surface area contributed by atoms with Crippen LogP contribution in [-0.4, -0.2) is 50.3 Å². The SMILES string of the molecule is C[N+](C)(Cc1ccc(CNC(=O)C2=Cc3cc(Br)ccc3OC2)cc1)C1CCOCC1. The summed E-state index contributed by atoms with van der Waals surface area (Å²) in [5.41, 5.74) is 3.96. The number of nitrogens with one attached hydrogen (secondary N) is 1. The molecule has 0 aliphatic carbocycles. The van der Waals surface area contributed by atoms with E-state index in [0.717, 1.165) is 58.4 Å². The van der Waals surface area contributed by atoms with E-state index in [0.29, 0.717) is 24.8 Å². The van der Waals surface area contributed by atoms with Crippen LogP contribution in [0.1, 0.15) is 29.5 Å². The Balaban J connectivity index is 1.33. The molecule has 2 aliphatic rings. The number of halogens is 1. The van der Waals surface area contributed by atoms with E-state index in [2.05, 4.69) is 59.6 Å². The molecule has 6 heteroatoms. The van der Waals surface area contributed by atoms with Crippen LogP contribution in [0.2, 0.25) is 0 Å². The van der Waals surface area contributed by atoms with Gasteiger partial charge in [-0.25, -0.2) is 0 Å². The number of amides is 1. The van der Waals surface area contributed by atoms with Crippen molar-refractivity contribution in [3.63, 3.8) is 0 Å². The number of ether oxygens (including phenoxy) is 2. The smallest absolute Gasteiger partial charge is 0.250 e. The fourth-order valence-corrected chi connectivity index (χ4v) is 4.70. The normalized spacial score (nSPS) is 16.8. The topological polar surface area (TPSA) is 47.6 Å². The minimum absolute atomic E-state index is 0.0907. The molecule has 0 radical (unpaired) electrons. The Hall–Kier alpha value is -2.15. The van der Waals surface area contributed by atoms with Crippen molar-refractivity contribution in [1.29, 1.82) is 0 Å². The van der Waals surface area contributed by atoms with Crippen molar-refractivity contribution in [3.8, 4) is 5.75 Å². The van der Waals surface area contributed by atoms with Gasteiger partial charge in [-0.1, -0.05) is 40.2 Å². The zero-order valence-corrected chi connectivity index (χ0v) is 19.8. The van der Waals surface area contributed by atoms with E-state index in [1.165, 1.54) is 5.56 Å². The Morgan fingerprint density at radius 1 is 1.10 bits per heavy atom. The number of rotatable bonds is 6. The van der Waals surface area contributed by atoms with Gasteiger partial charge in [0.1, 0.15) is 18.9 Å². The summed E-state index contributed by atoms with van der Waals surface area (Å²) < 4.78 is 13.2. The minimum atomic E-state index is -0.0907. The van der Waals surface area contributed by atoms with Crippen LogP contribution >= 0.6 is 15.9 Å². The fourth-order valence-electron chi connectivity index (χ4n) is 4.32. The quantitative estimate of drug-likeness (QED) is 0.620. The van der Waals surface area contributed by atoms with Gasteiger partial charge in [-0.05, 0) is 29.8 Å². The molecule has 5 nitrogen and oxygen atoms in total. The minimum Gasteiger partial charge on any atom is -0.488 e. The molecule has 2 heterocycles. The highest BCUT2D eigenvalue weighted by Gasteiger charge is 2.30. The monoisotopic (exact) mass is 485 g/mol. The Kier molecular flexibility index (Phi) is 6.80. The van der Waals surface area contributed by atoms with Gasteiger partial charge in [0.05, 0.1) is 38.9 Å². The molecule has 1 fully saturated rings. The number of hydrogen-bond acceptors (Lipinski definition) is 3. The van der Waals surface area contributed by atoms with Crippen LogP contribution < -0.4 is 10.1 Å². The predicted molar refractivity (Wildman–Crippen MR) is 126 cm³/mol. The van der Waals surface area contributed by atoms with E-state index < -0.39 is 0 Å². The molecule has 0 saturated carbocycles. The molecule has 0 aromatic heterocycles. The summed E-state index contributed by atoms with van der Waals surface area (Å²) in [5.74, 6) is 0.712. The Morgan fingerprint density at radius 3 is 2.55 bits per heavy atom. The third kappa shape index (κ3) is 5.56. The molecule has 2 aromatic rings. The second kappa shape index (κ2) is 9.55. The summed E-state index contributed by atoms with van der Waals surface area (Å²) in [6.45, 7) is 3.53. The largest absolute Gasteiger partial charge is 0.488 e. The van der Waals surface area contributed by atoms with Crippen LogP contribution in [0.15, 0.2) is 52.5 Å². The highest BCUT2D eigenvalue weighted by atomic mass is 79.9. The van der Waals surface area contributed by atoms with E-state index >= 15 is 0 Å². The summed E-state index contributed by atoms with van der Waals surface area (Å²) in [4.78, 5) is 12.6. The van der Waals surface area contributed by atoms with Gasteiger partial charge < -0.3 is 19.3 Å². The second-order valence-electron chi connectivity index (χ2n) is 8.92. The van der Waals surface area contributed by atoms with Gasteiger partial charge in [0.25, 0.3) is 5.91 Å². The van der Waals surface area contributed by atoms with E-state index in [1.807, 2.05) is 24.3 Å². The molecule has 0 spiro atoms. The number of benzene rings is 2. The molecule has 0 atom stereocenters. The highest BCUT2D eigenvalue weighted by molar-refractivity contribution is 9.10. The zero-order chi connectivity index (χ0) is 21.8. The van der Waals surface area contributed by atoms with Gasteiger partial charge in [0, 0.05) is 35.0 Å². The van der Waals surface area contributed by atoms with Gasteiger partial charge in [0.2, 0.25) is 0 Å². The van der Waals surface area contributed by atoms with Gasteiger partial charge in [0.15, 0.2) is 0 Å².